The van der Waals surface area contributed by atoms with Crippen molar-refractivity contribution < 1.29 is 14.6 Å². The van der Waals surface area contributed by atoms with E-state index in [1.54, 1.807) is 6.20 Å². The van der Waals surface area contributed by atoms with Crippen LogP contribution in [0.15, 0.2) is 12.3 Å². The van der Waals surface area contributed by atoms with Gasteiger partial charge >= 0.3 is 5.97 Å². The number of carboxylic acids is 1. The van der Waals surface area contributed by atoms with Crippen molar-refractivity contribution in [3.63, 3.8) is 0 Å². The number of hydrogen-bond donors (Lipinski definition) is 1. The molecule has 2 heterocycles. The van der Waals surface area contributed by atoms with Crippen LogP contribution < -0.4 is 0 Å². The van der Waals surface area contributed by atoms with Crippen LogP contribution in [0.5, 0.6) is 0 Å². The molecule has 0 atom stereocenters. The minimum atomic E-state index is -0.821. The lowest BCUT2D eigenvalue weighted by atomic mass is 10.1. The molecule has 1 N–H and O–H groups in total. The second kappa shape index (κ2) is 3.75. The van der Waals surface area contributed by atoms with Gasteiger partial charge in [-0.25, -0.2) is 0 Å². The first-order chi connectivity index (χ1) is 6.75. The average Bonchev–Trinajstić information content (AvgIpc) is 2.17. The van der Waals surface area contributed by atoms with E-state index in [2.05, 4.69) is 4.98 Å². The van der Waals surface area contributed by atoms with Crippen LogP contribution in [0.1, 0.15) is 16.8 Å². The number of aliphatic carboxylic acids is 1. The van der Waals surface area contributed by atoms with Gasteiger partial charge in [0.05, 0.1) is 25.3 Å². The molecule has 4 heteroatoms. The maximum absolute atomic E-state index is 10.5. The molecule has 2 rings (SSSR count). The van der Waals surface area contributed by atoms with Crippen LogP contribution in [0.2, 0.25) is 0 Å². The molecule has 1 aromatic heterocycles. The summed E-state index contributed by atoms with van der Waals surface area (Å²) in [6.45, 7) is 1.24. The SMILES string of the molecule is O=C(O)Cc1cnc2c(c1)CCOC2. The minimum Gasteiger partial charge on any atom is -0.481 e. The van der Waals surface area contributed by atoms with Crippen molar-refractivity contribution in [1.82, 2.24) is 4.98 Å². The van der Waals surface area contributed by atoms with Gasteiger partial charge in [0.25, 0.3) is 0 Å². The lowest BCUT2D eigenvalue weighted by Crippen LogP contribution is -2.12. The second-order valence-corrected chi connectivity index (χ2v) is 3.32. The van der Waals surface area contributed by atoms with Crippen LogP contribution in [0, 0.1) is 0 Å². The van der Waals surface area contributed by atoms with E-state index < -0.39 is 5.97 Å². The van der Waals surface area contributed by atoms with Crippen molar-refractivity contribution in [2.24, 2.45) is 0 Å². The number of pyridine rings is 1. The first-order valence-corrected chi connectivity index (χ1v) is 4.52. The molecule has 14 heavy (non-hydrogen) atoms. The Labute approximate surface area is 81.5 Å². The van der Waals surface area contributed by atoms with Gasteiger partial charge in [-0.1, -0.05) is 6.07 Å². The maximum Gasteiger partial charge on any atom is 0.307 e. The molecule has 0 aromatic carbocycles. The summed E-state index contributed by atoms with van der Waals surface area (Å²) >= 11 is 0. The van der Waals surface area contributed by atoms with Gasteiger partial charge in [-0.3, -0.25) is 9.78 Å². The zero-order valence-electron chi connectivity index (χ0n) is 7.69. The van der Waals surface area contributed by atoms with E-state index in [1.807, 2.05) is 6.07 Å². The Hall–Kier alpha value is -1.42. The highest BCUT2D eigenvalue weighted by Crippen LogP contribution is 2.15. The third kappa shape index (κ3) is 1.90. The summed E-state index contributed by atoms with van der Waals surface area (Å²) < 4.78 is 5.24. The molecule has 0 fully saturated rings. The molecule has 74 valence electrons. The number of rotatable bonds is 2. The smallest absolute Gasteiger partial charge is 0.307 e. The van der Waals surface area contributed by atoms with Gasteiger partial charge in [-0.2, -0.15) is 0 Å². The number of ether oxygens (including phenoxy) is 1. The number of aromatic nitrogens is 1. The maximum atomic E-state index is 10.5. The predicted octanol–water partition coefficient (Wildman–Crippen LogP) is 0.781. The van der Waals surface area contributed by atoms with Crippen LogP contribution in [-0.2, 0) is 29.0 Å². The molecule has 0 saturated heterocycles. The van der Waals surface area contributed by atoms with Gasteiger partial charge in [-0.05, 0) is 17.5 Å². The summed E-state index contributed by atoms with van der Waals surface area (Å²) in [6.07, 6.45) is 2.48. The molecule has 4 nitrogen and oxygen atoms in total. The predicted molar refractivity (Wildman–Crippen MR) is 48.9 cm³/mol. The normalized spacial score (nSPS) is 14.9. The third-order valence-corrected chi connectivity index (χ3v) is 2.23. The van der Waals surface area contributed by atoms with Gasteiger partial charge in [0.1, 0.15) is 0 Å². The molecule has 0 aliphatic carbocycles. The molecule has 0 radical (unpaired) electrons. The van der Waals surface area contributed by atoms with Gasteiger partial charge in [0.15, 0.2) is 0 Å². The Morgan fingerprint density at radius 1 is 1.64 bits per heavy atom. The summed E-state index contributed by atoms with van der Waals surface area (Å²) in [5.41, 5.74) is 2.82. The molecule has 1 aliphatic rings. The largest absolute Gasteiger partial charge is 0.481 e. The van der Waals surface area contributed by atoms with Gasteiger partial charge in [-0.15, -0.1) is 0 Å². The Kier molecular flexibility index (Phi) is 2.45. The van der Waals surface area contributed by atoms with Crippen molar-refractivity contribution in [2.75, 3.05) is 6.61 Å². The molecule has 0 unspecified atom stereocenters. The Bertz CT molecular complexity index is 362. The second-order valence-electron chi connectivity index (χ2n) is 3.32. The number of fused-ring (bicyclic) bond motifs is 1. The zero-order chi connectivity index (χ0) is 9.97. The molecule has 1 aliphatic heterocycles. The van der Waals surface area contributed by atoms with E-state index in [0.29, 0.717) is 13.2 Å². The van der Waals surface area contributed by atoms with Crippen molar-refractivity contribution in [2.45, 2.75) is 19.4 Å². The van der Waals surface area contributed by atoms with Crippen LogP contribution in [0.25, 0.3) is 0 Å². The molecule has 0 bridgehead atoms. The number of hydrogen-bond acceptors (Lipinski definition) is 3. The lowest BCUT2D eigenvalue weighted by Gasteiger charge is -2.15. The highest BCUT2D eigenvalue weighted by atomic mass is 16.5. The van der Waals surface area contributed by atoms with Crippen molar-refractivity contribution in [3.8, 4) is 0 Å². The first kappa shape index (κ1) is 9.15. The standard InChI is InChI=1S/C10H11NO3/c12-10(13)4-7-3-8-1-2-14-6-9(8)11-5-7/h3,5H,1-2,4,6H2,(H,12,13). The van der Waals surface area contributed by atoms with Crippen molar-refractivity contribution in [3.05, 3.63) is 29.1 Å². The molecular weight excluding hydrogens is 182 g/mol. The number of carboxylic acid groups (broad SMARTS) is 1. The number of carbonyl (C=O) groups is 1. The fraction of sp³-hybridized carbons (Fsp3) is 0.400. The molecule has 0 amide bonds. The summed E-state index contributed by atoms with van der Waals surface area (Å²) in [7, 11) is 0. The van der Waals surface area contributed by atoms with Crippen LogP contribution in [-0.4, -0.2) is 22.7 Å². The summed E-state index contributed by atoms with van der Waals surface area (Å²) in [6, 6.07) is 1.92. The Balaban J connectivity index is 2.24. The minimum absolute atomic E-state index is 0.0428. The van der Waals surface area contributed by atoms with E-state index in [0.717, 1.165) is 23.2 Å². The fourth-order valence-corrected chi connectivity index (χ4v) is 1.56. The molecule has 0 spiro atoms. The average molecular weight is 193 g/mol. The van der Waals surface area contributed by atoms with Gasteiger partial charge < -0.3 is 9.84 Å². The van der Waals surface area contributed by atoms with Crippen LogP contribution >= 0.6 is 0 Å². The van der Waals surface area contributed by atoms with E-state index in [-0.39, 0.29) is 6.42 Å². The van der Waals surface area contributed by atoms with E-state index in [9.17, 15) is 4.79 Å². The number of nitrogens with zero attached hydrogens (tertiary/aromatic N) is 1. The van der Waals surface area contributed by atoms with Gasteiger partial charge in [0, 0.05) is 6.20 Å². The van der Waals surface area contributed by atoms with Crippen LogP contribution in [0.3, 0.4) is 0 Å². The Morgan fingerprint density at radius 2 is 2.50 bits per heavy atom. The highest BCUT2D eigenvalue weighted by Gasteiger charge is 2.11. The van der Waals surface area contributed by atoms with Crippen molar-refractivity contribution >= 4 is 5.97 Å². The molecular formula is C10H11NO3. The lowest BCUT2D eigenvalue weighted by molar-refractivity contribution is -0.136. The Morgan fingerprint density at radius 3 is 3.29 bits per heavy atom. The third-order valence-electron chi connectivity index (χ3n) is 2.23. The van der Waals surface area contributed by atoms with Crippen LogP contribution in [0.4, 0.5) is 0 Å². The summed E-state index contributed by atoms with van der Waals surface area (Å²) in [4.78, 5) is 14.7. The summed E-state index contributed by atoms with van der Waals surface area (Å²) in [5.74, 6) is -0.821. The highest BCUT2D eigenvalue weighted by molar-refractivity contribution is 5.70. The molecule has 1 aromatic rings. The van der Waals surface area contributed by atoms with E-state index in [4.69, 9.17) is 9.84 Å². The molecule has 0 saturated carbocycles. The van der Waals surface area contributed by atoms with E-state index in [1.165, 1.54) is 0 Å². The first-order valence-electron chi connectivity index (χ1n) is 4.52. The topological polar surface area (TPSA) is 59.4 Å². The van der Waals surface area contributed by atoms with Crippen molar-refractivity contribution in [1.29, 1.82) is 0 Å². The zero-order valence-corrected chi connectivity index (χ0v) is 7.69. The monoisotopic (exact) mass is 193 g/mol. The van der Waals surface area contributed by atoms with Gasteiger partial charge in [0.2, 0.25) is 0 Å². The fourth-order valence-electron chi connectivity index (χ4n) is 1.56. The van der Waals surface area contributed by atoms with E-state index >= 15 is 0 Å². The summed E-state index contributed by atoms with van der Waals surface area (Å²) in [5, 5.41) is 8.62. The quantitative estimate of drug-likeness (QED) is 0.754.